The molecular weight excluding hydrogens is 574 g/mol. The van der Waals surface area contributed by atoms with E-state index in [4.69, 9.17) is 19.9 Å². The van der Waals surface area contributed by atoms with Crippen LogP contribution in [0.25, 0.3) is 22.6 Å². The summed E-state index contributed by atoms with van der Waals surface area (Å²) in [6.07, 6.45) is 1.62. The molecule has 11 nitrogen and oxygen atoms in total. The van der Waals surface area contributed by atoms with E-state index in [0.717, 1.165) is 22.4 Å². The summed E-state index contributed by atoms with van der Waals surface area (Å²) in [7, 11) is 0. The lowest BCUT2D eigenvalue weighted by atomic mass is 10.1. The maximum absolute atomic E-state index is 12.5. The lowest BCUT2D eigenvalue weighted by Gasteiger charge is -2.14. The average Bonchev–Trinajstić information content (AvgIpc) is 3.49. The maximum Gasteiger partial charge on any atom is 0.414 e. The van der Waals surface area contributed by atoms with E-state index in [1.165, 1.54) is 0 Å². The molecule has 0 unspecified atom stereocenters. The van der Waals surface area contributed by atoms with Gasteiger partial charge in [-0.3, -0.25) is 15.1 Å². The number of hydrogen-bond acceptors (Lipinski definition) is 7. The van der Waals surface area contributed by atoms with Crippen LogP contribution >= 0.6 is 0 Å². The van der Waals surface area contributed by atoms with Gasteiger partial charge in [-0.2, -0.15) is 0 Å². The lowest BCUT2D eigenvalue weighted by molar-refractivity contribution is -0.142. The van der Waals surface area contributed by atoms with E-state index >= 15 is 0 Å². The van der Waals surface area contributed by atoms with Crippen LogP contribution in [0.15, 0.2) is 100 Å². The van der Waals surface area contributed by atoms with Crippen molar-refractivity contribution in [2.24, 2.45) is 10.7 Å². The number of hydrogen-bond donors (Lipinski definition) is 4. The molecule has 234 valence electrons. The molecule has 4 rings (SSSR count). The molecule has 0 saturated heterocycles. The number of carbonyl (C=O) groups excluding carboxylic acids is 2. The van der Waals surface area contributed by atoms with Crippen LogP contribution < -0.4 is 16.4 Å². The second kappa shape index (κ2) is 17.0. The molecule has 0 aliphatic rings. The van der Waals surface area contributed by atoms with Gasteiger partial charge in [-0.05, 0) is 31.2 Å². The Morgan fingerprint density at radius 1 is 0.889 bits per heavy atom. The third kappa shape index (κ3) is 10.6. The molecule has 1 atom stereocenters. The number of aliphatic carboxylic acids is 1. The minimum Gasteiger partial charge on any atom is -0.480 e. The van der Waals surface area contributed by atoms with E-state index in [9.17, 15) is 19.5 Å². The predicted molar refractivity (Wildman–Crippen MR) is 170 cm³/mol. The molecule has 0 radical (unpaired) electrons. The van der Waals surface area contributed by atoms with Crippen molar-refractivity contribution >= 4 is 23.9 Å². The Kier molecular flexibility index (Phi) is 12.3. The smallest absolute Gasteiger partial charge is 0.414 e. The highest BCUT2D eigenvalue weighted by molar-refractivity contribution is 5.92. The normalized spacial score (nSPS) is 11.9. The van der Waals surface area contributed by atoms with Gasteiger partial charge in [0.25, 0.3) is 0 Å². The van der Waals surface area contributed by atoms with Crippen LogP contribution in [0.3, 0.4) is 0 Å². The summed E-state index contributed by atoms with van der Waals surface area (Å²) in [6, 6.07) is 27.7. The second-order valence-corrected chi connectivity index (χ2v) is 10.3. The van der Waals surface area contributed by atoms with Crippen molar-refractivity contribution in [1.29, 1.82) is 0 Å². The zero-order valence-corrected chi connectivity index (χ0v) is 24.9. The van der Waals surface area contributed by atoms with Crippen molar-refractivity contribution in [3.63, 3.8) is 0 Å². The molecule has 0 aliphatic heterocycles. The third-order valence-corrected chi connectivity index (χ3v) is 6.81. The Bertz CT molecular complexity index is 1500. The standard InChI is InChI=1S/C34H37N5O6/c35-33(39-34(43)44-23-24-13-4-1-5-14-24)36-22-12-19-27(32(41)42)37-28(40)20-10-11-21-29-38-30(25-15-6-2-7-16-25)31(45-29)26-17-8-3-9-18-26/h1-9,13-18,27H,10-12,19-23H2,(H,37,40)(H,41,42)(H3,35,36,39,43)/t27-/m0/s1. The number of nitrogens with zero attached hydrogens (tertiary/aromatic N) is 2. The minimum atomic E-state index is -1.13. The molecule has 3 aromatic carbocycles. The third-order valence-electron chi connectivity index (χ3n) is 6.81. The molecular formula is C34H37N5O6. The Morgan fingerprint density at radius 2 is 1.53 bits per heavy atom. The average molecular weight is 612 g/mol. The van der Waals surface area contributed by atoms with Gasteiger partial charge in [0.1, 0.15) is 18.3 Å². The van der Waals surface area contributed by atoms with Gasteiger partial charge >= 0.3 is 12.1 Å². The molecule has 1 heterocycles. The van der Waals surface area contributed by atoms with Crippen LogP contribution in [0.2, 0.25) is 0 Å². The molecule has 0 aliphatic carbocycles. The number of carboxylic acid groups (broad SMARTS) is 1. The first-order valence-corrected chi connectivity index (χ1v) is 14.8. The van der Waals surface area contributed by atoms with Gasteiger partial charge in [0, 0.05) is 30.5 Å². The van der Waals surface area contributed by atoms with Gasteiger partial charge in [-0.15, -0.1) is 0 Å². The number of ether oxygens (including phenoxy) is 1. The maximum atomic E-state index is 12.5. The van der Waals surface area contributed by atoms with Crippen LogP contribution in [0, 0.1) is 0 Å². The van der Waals surface area contributed by atoms with Crippen LogP contribution in [0.4, 0.5) is 4.79 Å². The van der Waals surface area contributed by atoms with Crippen molar-refractivity contribution < 1.29 is 28.6 Å². The highest BCUT2D eigenvalue weighted by Crippen LogP contribution is 2.33. The van der Waals surface area contributed by atoms with Crippen molar-refractivity contribution in [2.75, 3.05) is 6.54 Å². The van der Waals surface area contributed by atoms with E-state index < -0.39 is 18.1 Å². The molecule has 5 N–H and O–H groups in total. The number of nitrogens with one attached hydrogen (secondary N) is 2. The summed E-state index contributed by atoms with van der Waals surface area (Å²) in [5.74, 6) is -0.346. The highest BCUT2D eigenvalue weighted by Gasteiger charge is 2.20. The fraction of sp³-hybridized carbons (Fsp3) is 0.265. The zero-order valence-electron chi connectivity index (χ0n) is 24.9. The van der Waals surface area contributed by atoms with Gasteiger partial charge in [0.2, 0.25) is 5.91 Å². The van der Waals surface area contributed by atoms with E-state index in [2.05, 4.69) is 15.6 Å². The van der Waals surface area contributed by atoms with Crippen molar-refractivity contribution in [1.82, 2.24) is 15.6 Å². The molecule has 0 bridgehead atoms. The summed E-state index contributed by atoms with van der Waals surface area (Å²) in [4.78, 5) is 44.9. The van der Waals surface area contributed by atoms with E-state index in [1.54, 1.807) is 0 Å². The summed E-state index contributed by atoms with van der Waals surface area (Å²) >= 11 is 0. The minimum absolute atomic E-state index is 0.0874. The monoisotopic (exact) mass is 611 g/mol. The highest BCUT2D eigenvalue weighted by atomic mass is 16.5. The Labute approximate surface area is 261 Å². The van der Waals surface area contributed by atoms with Gasteiger partial charge < -0.3 is 25.3 Å². The van der Waals surface area contributed by atoms with Crippen molar-refractivity contribution in [3.05, 3.63) is 102 Å². The Hall–Kier alpha value is -5.45. The number of nitrogens with two attached hydrogens (primary N) is 1. The number of aliphatic imine (C=N–C) groups is 1. The topological polar surface area (TPSA) is 169 Å². The van der Waals surface area contributed by atoms with Crippen LogP contribution in [-0.2, 0) is 27.4 Å². The fourth-order valence-electron chi connectivity index (χ4n) is 4.53. The number of aromatic nitrogens is 1. The predicted octanol–water partition coefficient (Wildman–Crippen LogP) is 5.31. The number of carboxylic acids is 1. The van der Waals surface area contributed by atoms with Crippen LogP contribution in [-0.4, -0.2) is 46.6 Å². The van der Waals surface area contributed by atoms with Crippen LogP contribution in [0.5, 0.6) is 0 Å². The summed E-state index contributed by atoms with van der Waals surface area (Å²) in [5, 5.41) is 14.5. The molecule has 0 saturated carbocycles. The number of aryl methyl sites for hydroxylation is 1. The van der Waals surface area contributed by atoms with Gasteiger partial charge in [-0.25, -0.2) is 14.6 Å². The largest absolute Gasteiger partial charge is 0.480 e. The molecule has 0 fully saturated rings. The zero-order chi connectivity index (χ0) is 31.9. The van der Waals surface area contributed by atoms with Crippen molar-refractivity contribution in [3.8, 4) is 22.6 Å². The number of benzene rings is 3. The fourth-order valence-corrected chi connectivity index (χ4v) is 4.53. The molecule has 4 aromatic rings. The number of rotatable bonds is 15. The first-order chi connectivity index (χ1) is 21.9. The molecule has 45 heavy (non-hydrogen) atoms. The summed E-state index contributed by atoms with van der Waals surface area (Å²) in [6.45, 7) is 0.251. The molecule has 1 aromatic heterocycles. The van der Waals surface area contributed by atoms with Gasteiger partial charge in [-0.1, -0.05) is 91.0 Å². The van der Waals surface area contributed by atoms with E-state index in [1.807, 2.05) is 91.0 Å². The Balaban J connectivity index is 1.18. The summed E-state index contributed by atoms with van der Waals surface area (Å²) in [5.41, 5.74) is 9.20. The van der Waals surface area contributed by atoms with E-state index in [-0.39, 0.29) is 37.9 Å². The number of guanidine groups is 1. The number of oxazole rings is 1. The number of alkyl carbamates (subject to hydrolysis) is 1. The number of amides is 2. The summed E-state index contributed by atoms with van der Waals surface area (Å²) < 4.78 is 11.2. The Morgan fingerprint density at radius 3 is 2.20 bits per heavy atom. The van der Waals surface area contributed by atoms with Crippen LogP contribution in [0.1, 0.15) is 43.6 Å². The number of unbranched alkanes of at least 4 members (excludes halogenated alkanes) is 1. The number of carbonyl (C=O) groups is 3. The molecule has 2 amide bonds. The quantitative estimate of drug-likeness (QED) is 0.0796. The first kappa shape index (κ1) is 32.5. The molecule has 11 heteroatoms. The SMILES string of the molecule is NC(=NCCC[C@H](NC(=O)CCCCc1nc(-c2ccccc2)c(-c2ccccc2)o1)C(=O)O)NC(=O)OCc1ccccc1. The van der Waals surface area contributed by atoms with Gasteiger partial charge in [0.15, 0.2) is 17.6 Å². The molecule has 0 spiro atoms. The lowest BCUT2D eigenvalue weighted by Crippen LogP contribution is -2.41. The van der Waals surface area contributed by atoms with Gasteiger partial charge in [0.05, 0.1) is 0 Å². The van der Waals surface area contributed by atoms with E-state index in [0.29, 0.717) is 37.3 Å². The van der Waals surface area contributed by atoms with Crippen molar-refractivity contribution in [2.45, 2.75) is 51.2 Å². The first-order valence-electron chi connectivity index (χ1n) is 14.8. The second-order valence-electron chi connectivity index (χ2n) is 10.3.